The van der Waals surface area contributed by atoms with Gasteiger partial charge in [0.1, 0.15) is 5.82 Å². The van der Waals surface area contributed by atoms with Crippen LogP contribution in [0.3, 0.4) is 0 Å². The third kappa shape index (κ3) is 3.28. The number of nitrogens with zero attached hydrogens (tertiary/aromatic N) is 2. The average Bonchev–Trinajstić information content (AvgIpc) is 3.45. The Kier molecular flexibility index (Phi) is 4.59. The third-order valence-electron chi connectivity index (χ3n) is 5.32. The van der Waals surface area contributed by atoms with Gasteiger partial charge in [-0.15, -0.1) is 0 Å². The van der Waals surface area contributed by atoms with E-state index in [1.807, 2.05) is 48.5 Å². The zero-order valence-electron chi connectivity index (χ0n) is 16.8. The van der Waals surface area contributed by atoms with Crippen molar-refractivity contribution in [2.45, 2.75) is 13.0 Å². The summed E-state index contributed by atoms with van der Waals surface area (Å²) < 4.78 is 7.15. The fraction of sp³-hybridized carbons (Fsp3) is 0.0800. The predicted octanol–water partition coefficient (Wildman–Crippen LogP) is 5.07. The summed E-state index contributed by atoms with van der Waals surface area (Å²) in [6.45, 7) is 1.60. The number of carbonyl (C=O) groups excluding carboxylic acids is 2. The van der Waals surface area contributed by atoms with E-state index in [9.17, 15) is 9.59 Å². The van der Waals surface area contributed by atoms with Crippen LogP contribution in [0.25, 0.3) is 33.2 Å². The highest BCUT2D eigenvalue weighted by Gasteiger charge is 2.24. The molecule has 0 radical (unpaired) electrons. The van der Waals surface area contributed by atoms with Gasteiger partial charge < -0.3 is 9.72 Å². The molecule has 0 aliphatic heterocycles. The Morgan fingerprint density at radius 1 is 0.903 bits per heavy atom. The molecule has 3 aromatic carbocycles. The normalized spacial score (nSPS) is 12.2. The van der Waals surface area contributed by atoms with Gasteiger partial charge in [0.2, 0.25) is 0 Å². The van der Waals surface area contributed by atoms with Gasteiger partial charge in [-0.3, -0.25) is 9.36 Å². The average molecular weight is 409 g/mol. The number of para-hydroxylation sites is 2. The first kappa shape index (κ1) is 18.8. The van der Waals surface area contributed by atoms with Crippen LogP contribution in [0.5, 0.6) is 0 Å². The summed E-state index contributed by atoms with van der Waals surface area (Å²) in [6.07, 6.45) is 2.45. The number of aromatic amines is 1. The van der Waals surface area contributed by atoms with Crippen molar-refractivity contribution in [1.29, 1.82) is 0 Å². The first-order valence-corrected chi connectivity index (χ1v) is 9.96. The molecule has 1 N–H and O–H groups in total. The van der Waals surface area contributed by atoms with Crippen molar-refractivity contribution >= 4 is 33.7 Å². The molecule has 0 spiro atoms. The Bertz CT molecular complexity index is 1350. The van der Waals surface area contributed by atoms with Crippen molar-refractivity contribution in [3.63, 3.8) is 0 Å². The van der Waals surface area contributed by atoms with Crippen LogP contribution in [-0.4, -0.2) is 32.5 Å². The fourth-order valence-electron chi connectivity index (χ4n) is 3.81. The number of carbonyl (C=O) groups is 2. The van der Waals surface area contributed by atoms with E-state index in [1.165, 1.54) is 0 Å². The minimum atomic E-state index is -0.948. The number of nitrogens with one attached hydrogen (secondary N) is 1. The van der Waals surface area contributed by atoms with Crippen LogP contribution >= 0.6 is 0 Å². The monoisotopic (exact) mass is 409 g/mol. The molecule has 31 heavy (non-hydrogen) atoms. The van der Waals surface area contributed by atoms with Crippen LogP contribution in [-0.2, 0) is 4.74 Å². The standard InChI is InChI=1S/C25H19N3O3/c1-16(31-25(30)18-12-10-17(11-13-18)23-26-14-15-27-23)24(29)28-21-8-4-2-6-19(21)20-7-3-5-9-22(20)28/h2-16H,1H3,(H,26,27). The number of imidazole rings is 1. The number of ether oxygens (including phenoxy) is 1. The summed E-state index contributed by atoms with van der Waals surface area (Å²) in [5, 5.41) is 1.97. The zero-order chi connectivity index (χ0) is 21.4. The van der Waals surface area contributed by atoms with Crippen molar-refractivity contribution in [3.05, 3.63) is 90.8 Å². The molecule has 6 nitrogen and oxygen atoms in total. The number of fused-ring (bicyclic) bond motifs is 3. The largest absolute Gasteiger partial charge is 0.449 e. The van der Waals surface area contributed by atoms with Crippen molar-refractivity contribution in [2.24, 2.45) is 0 Å². The molecule has 0 fully saturated rings. The van der Waals surface area contributed by atoms with E-state index < -0.39 is 12.1 Å². The van der Waals surface area contributed by atoms with Crippen LogP contribution in [0.2, 0.25) is 0 Å². The summed E-state index contributed by atoms with van der Waals surface area (Å²) >= 11 is 0. The molecule has 1 unspecified atom stereocenters. The number of esters is 1. The molecule has 152 valence electrons. The van der Waals surface area contributed by atoms with Crippen molar-refractivity contribution in [1.82, 2.24) is 14.5 Å². The van der Waals surface area contributed by atoms with Crippen LogP contribution in [0, 0.1) is 0 Å². The van der Waals surface area contributed by atoms with Gasteiger partial charge in [-0.2, -0.15) is 0 Å². The van der Waals surface area contributed by atoms with E-state index in [1.54, 1.807) is 48.1 Å². The molecule has 0 aliphatic carbocycles. The van der Waals surface area contributed by atoms with Gasteiger partial charge in [0.15, 0.2) is 6.10 Å². The lowest BCUT2D eigenvalue weighted by molar-refractivity contribution is 0.0288. The molecule has 0 amide bonds. The second-order valence-electron chi connectivity index (χ2n) is 7.27. The van der Waals surface area contributed by atoms with Crippen LogP contribution in [0.1, 0.15) is 22.1 Å². The first-order chi connectivity index (χ1) is 15.1. The number of rotatable bonds is 4. The lowest BCUT2D eigenvalue weighted by Crippen LogP contribution is -2.29. The third-order valence-corrected chi connectivity index (χ3v) is 5.32. The number of H-pyrrole nitrogens is 1. The lowest BCUT2D eigenvalue weighted by atomic mass is 10.1. The Labute approximate surface area is 178 Å². The van der Waals surface area contributed by atoms with Gasteiger partial charge in [0.05, 0.1) is 16.6 Å². The lowest BCUT2D eigenvalue weighted by Gasteiger charge is -2.14. The molecular formula is C25H19N3O3. The summed E-state index contributed by atoms with van der Waals surface area (Å²) in [5.41, 5.74) is 2.81. The Morgan fingerprint density at radius 2 is 1.52 bits per heavy atom. The highest BCUT2D eigenvalue weighted by atomic mass is 16.5. The smallest absolute Gasteiger partial charge is 0.338 e. The van der Waals surface area contributed by atoms with Crippen molar-refractivity contribution in [2.75, 3.05) is 0 Å². The molecule has 0 aliphatic rings. The van der Waals surface area contributed by atoms with Gasteiger partial charge in [-0.25, -0.2) is 9.78 Å². The van der Waals surface area contributed by atoms with Gasteiger partial charge in [0, 0.05) is 28.7 Å². The molecule has 6 heteroatoms. The maximum Gasteiger partial charge on any atom is 0.338 e. The van der Waals surface area contributed by atoms with E-state index in [2.05, 4.69) is 9.97 Å². The highest BCUT2D eigenvalue weighted by molar-refractivity contribution is 6.14. The minimum Gasteiger partial charge on any atom is -0.449 e. The van der Waals surface area contributed by atoms with Crippen molar-refractivity contribution < 1.29 is 14.3 Å². The van der Waals surface area contributed by atoms with Crippen molar-refractivity contribution in [3.8, 4) is 11.4 Å². The van der Waals surface area contributed by atoms with E-state index >= 15 is 0 Å². The second kappa shape index (κ2) is 7.57. The Hall–Kier alpha value is -4.19. The van der Waals surface area contributed by atoms with Gasteiger partial charge in [0.25, 0.3) is 5.91 Å². The zero-order valence-corrected chi connectivity index (χ0v) is 16.8. The number of hydrogen-bond donors (Lipinski definition) is 1. The molecule has 5 rings (SSSR count). The maximum atomic E-state index is 13.3. The second-order valence-corrected chi connectivity index (χ2v) is 7.27. The molecule has 0 saturated carbocycles. The molecule has 2 heterocycles. The maximum absolute atomic E-state index is 13.3. The van der Waals surface area contributed by atoms with Crippen LogP contribution < -0.4 is 0 Å². The van der Waals surface area contributed by atoms with Gasteiger partial charge in [-0.05, 0) is 31.2 Å². The first-order valence-electron chi connectivity index (χ1n) is 9.96. The minimum absolute atomic E-state index is 0.294. The number of aromatic nitrogens is 3. The summed E-state index contributed by atoms with van der Waals surface area (Å²) in [4.78, 5) is 33.1. The molecule has 2 aromatic heterocycles. The highest BCUT2D eigenvalue weighted by Crippen LogP contribution is 2.29. The quantitative estimate of drug-likeness (QED) is 0.421. The molecule has 1 atom stereocenters. The van der Waals surface area contributed by atoms with Crippen LogP contribution in [0.15, 0.2) is 85.2 Å². The number of hydrogen-bond acceptors (Lipinski definition) is 4. The Morgan fingerprint density at radius 3 is 2.10 bits per heavy atom. The molecule has 0 saturated heterocycles. The molecule has 5 aromatic rings. The van der Waals surface area contributed by atoms with Gasteiger partial charge >= 0.3 is 5.97 Å². The fourth-order valence-corrected chi connectivity index (χ4v) is 3.81. The summed E-state index contributed by atoms with van der Waals surface area (Å²) in [6, 6.07) is 22.3. The number of benzene rings is 3. The van der Waals surface area contributed by atoms with E-state index in [-0.39, 0.29) is 5.91 Å². The predicted molar refractivity (Wildman–Crippen MR) is 119 cm³/mol. The topological polar surface area (TPSA) is 77.0 Å². The summed E-state index contributed by atoms with van der Waals surface area (Å²) in [5.74, 6) is -0.125. The van der Waals surface area contributed by atoms with Crippen LogP contribution in [0.4, 0.5) is 0 Å². The van der Waals surface area contributed by atoms with Gasteiger partial charge in [-0.1, -0.05) is 48.5 Å². The van der Waals surface area contributed by atoms with E-state index in [0.29, 0.717) is 5.56 Å². The van der Waals surface area contributed by atoms with E-state index in [0.717, 1.165) is 33.2 Å². The SMILES string of the molecule is CC(OC(=O)c1ccc(-c2ncc[nH]2)cc1)C(=O)n1c2ccccc2c2ccccc21. The molecule has 0 bridgehead atoms. The Balaban J connectivity index is 1.41. The van der Waals surface area contributed by atoms with E-state index in [4.69, 9.17) is 4.74 Å². The summed E-state index contributed by atoms with van der Waals surface area (Å²) in [7, 11) is 0. The molecular weight excluding hydrogens is 390 g/mol.